The van der Waals surface area contributed by atoms with E-state index in [-0.39, 0.29) is 17.1 Å². The highest BCUT2D eigenvalue weighted by atomic mass is 35.5. The fraction of sp³-hybridized carbons (Fsp3) is 0.308. The van der Waals surface area contributed by atoms with E-state index in [0.29, 0.717) is 23.1 Å². The van der Waals surface area contributed by atoms with Gasteiger partial charge in [0.1, 0.15) is 17.9 Å². The van der Waals surface area contributed by atoms with Crippen molar-refractivity contribution >= 4 is 17.6 Å². The fourth-order valence-electron chi connectivity index (χ4n) is 5.68. The molecule has 0 radical (unpaired) electrons. The SMILES string of the molecule is O=C(O)c1cn2c(cc1=O)-c1cc(Cl)c(OCc3ccccc3)cc1[C@H]1CCC3(CCC3)N12. The summed E-state index contributed by atoms with van der Waals surface area (Å²) in [5.41, 5.74) is 2.97. The lowest BCUT2D eigenvalue weighted by molar-refractivity contribution is 0.0694. The zero-order chi connectivity index (χ0) is 22.7. The molecule has 3 aliphatic rings. The maximum Gasteiger partial charge on any atom is 0.341 e. The van der Waals surface area contributed by atoms with Crippen LogP contribution in [0.5, 0.6) is 5.75 Å². The van der Waals surface area contributed by atoms with Gasteiger partial charge < -0.3 is 9.84 Å². The Hall–Kier alpha value is -3.25. The molecule has 0 unspecified atom stereocenters. The summed E-state index contributed by atoms with van der Waals surface area (Å²) in [7, 11) is 0. The number of rotatable bonds is 4. The first-order valence-corrected chi connectivity index (χ1v) is 11.6. The van der Waals surface area contributed by atoms with Crippen LogP contribution in [0.3, 0.4) is 0 Å². The molecule has 0 bridgehead atoms. The molecule has 1 aromatic heterocycles. The third-order valence-electron chi connectivity index (χ3n) is 7.42. The lowest BCUT2D eigenvalue weighted by Crippen LogP contribution is -2.57. The molecule has 3 heterocycles. The molecule has 2 aliphatic heterocycles. The van der Waals surface area contributed by atoms with Gasteiger partial charge in [-0.15, -0.1) is 0 Å². The molecule has 6 rings (SSSR count). The third kappa shape index (κ3) is 3.08. The lowest BCUT2D eigenvalue weighted by atomic mass is 9.75. The van der Waals surface area contributed by atoms with Crippen LogP contribution in [0.25, 0.3) is 11.3 Å². The topological polar surface area (TPSA) is 71.8 Å². The zero-order valence-corrected chi connectivity index (χ0v) is 18.7. The summed E-state index contributed by atoms with van der Waals surface area (Å²) >= 11 is 6.63. The van der Waals surface area contributed by atoms with Crippen molar-refractivity contribution < 1.29 is 14.6 Å². The van der Waals surface area contributed by atoms with E-state index >= 15 is 0 Å². The van der Waals surface area contributed by atoms with Crippen molar-refractivity contribution in [2.45, 2.75) is 50.3 Å². The molecule has 1 saturated carbocycles. The predicted octanol–water partition coefficient (Wildman–Crippen LogP) is 5.16. The summed E-state index contributed by atoms with van der Waals surface area (Å²) in [5, 5.41) is 12.4. The number of hydrogen-bond acceptors (Lipinski definition) is 4. The van der Waals surface area contributed by atoms with Gasteiger partial charge in [-0.1, -0.05) is 41.9 Å². The number of carbonyl (C=O) groups is 1. The highest BCUT2D eigenvalue weighted by molar-refractivity contribution is 6.32. The van der Waals surface area contributed by atoms with E-state index in [0.717, 1.165) is 48.8 Å². The molecular formula is C26H23ClN2O4. The second-order valence-corrected chi connectivity index (χ2v) is 9.61. The Balaban J connectivity index is 1.48. The molecule has 168 valence electrons. The van der Waals surface area contributed by atoms with Crippen LogP contribution in [0.1, 0.15) is 59.6 Å². The molecule has 33 heavy (non-hydrogen) atoms. The molecular weight excluding hydrogens is 440 g/mol. The van der Waals surface area contributed by atoms with E-state index in [9.17, 15) is 14.7 Å². The smallest absolute Gasteiger partial charge is 0.341 e. The average Bonchev–Trinajstić information content (AvgIpc) is 3.20. The standard InChI is InChI=1S/C26H23ClN2O4/c27-20-11-17-18(12-24(20)33-15-16-5-2-1-3-6-16)21-7-10-26(8-4-9-26)29(21)28-14-19(25(31)32)23(30)13-22(17)28/h1-3,5-6,11-14,21H,4,7-10,15H2,(H,31,32)/t21-/m1/s1. The molecule has 2 fully saturated rings. The quantitative estimate of drug-likeness (QED) is 0.580. The molecule has 1 atom stereocenters. The van der Waals surface area contributed by atoms with Crippen LogP contribution >= 0.6 is 11.6 Å². The minimum absolute atomic E-state index is 0.00659. The van der Waals surface area contributed by atoms with Gasteiger partial charge in [-0.25, -0.2) is 4.79 Å². The predicted molar refractivity (Wildman–Crippen MR) is 126 cm³/mol. The van der Waals surface area contributed by atoms with Crippen LogP contribution in [0, 0.1) is 0 Å². The van der Waals surface area contributed by atoms with Crippen molar-refractivity contribution in [3.8, 4) is 17.0 Å². The van der Waals surface area contributed by atoms with Gasteiger partial charge in [0.25, 0.3) is 0 Å². The van der Waals surface area contributed by atoms with Crippen LogP contribution in [0.4, 0.5) is 0 Å². The number of fused-ring (bicyclic) bond motifs is 7. The Bertz CT molecular complexity index is 1330. The number of hydrogen-bond donors (Lipinski definition) is 1. The van der Waals surface area contributed by atoms with E-state index in [1.54, 1.807) is 0 Å². The molecule has 1 aliphatic carbocycles. The summed E-state index contributed by atoms with van der Waals surface area (Å²) in [6.45, 7) is 0.412. The minimum atomic E-state index is -1.21. The van der Waals surface area contributed by atoms with Crippen molar-refractivity contribution in [1.82, 2.24) is 4.68 Å². The van der Waals surface area contributed by atoms with E-state index in [1.807, 2.05) is 47.1 Å². The number of carboxylic acid groups (broad SMARTS) is 1. The van der Waals surface area contributed by atoms with Crippen molar-refractivity contribution in [3.05, 3.63) is 86.7 Å². The van der Waals surface area contributed by atoms with Crippen LogP contribution in [0.2, 0.25) is 5.02 Å². The number of aromatic nitrogens is 1. The molecule has 1 spiro atoms. The first-order chi connectivity index (χ1) is 16.0. The first-order valence-electron chi connectivity index (χ1n) is 11.3. The summed E-state index contributed by atoms with van der Waals surface area (Å²) in [5.74, 6) is -0.589. The van der Waals surface area contributed by atoms with Gasteiger partial charge in [-0.3, -0.25) is 14.5 Å². The molecule has 0 amide bonds. The van der Waals surface area contributed by atoms with Gasteiger partial charge in [0.2, 0.25) is 0 Å². The van der Waals surface area contributed by atoms with E-state index in [2.05, 4.69) is 5.01 Å². The number of aromatic carboxylic acids is 1. The van der Waals surface area contributed by atoms with Crippen molar-refractivity contribution in [2.75, 3.05) is 5.01 Å². The number of carboxylic acids is 1. The number of halogens is 1. The van der Waals surface area contributed by atoms with Gasteiger partial charge in [0.05, 0.1) is 22.3 Å². The maximum absolute atomic E-state index is 12.6. The van der Waals surface area contributed by atoms with Crippen LogP contribution in [-0.4, -0.2) is 21.3 Å². The van der Waals surface area contributed by atoms with Crippen LogP contribution < -0.4 is 15.2 Å². The molecule has 3 aromatic rings. The van der Waals surface area contributed by atoms with Crippen LogP contribution in [0.15, 0.2) is 59.5 Å². The average molecular weight is 463 g/mol. The number of nitrogens with zero attached hydrogens (tertiary/aromatic N) is 2. The zero-order valence-electron chi connectivity index (χ0n) is 18.0. The largest absolute Gasteiger partial charge is 0.487 e. The van der Waals surface area contributed by atoms with Gasteiger partial charge in [-0.2, -0.15) is 0 Å². The summed E-state index contributed by atoms with van der Waals surface area (Å²) in [4.78, 5) is 24.3. The van der Waals surface area contributed by atoms with Crippen LogP contribution in [-0.2, 0) is 6.61 Å². The third-order valence-corrected chi connectivity index (χ3v) is 7.71. The van der Waals surface area contributed by atoms with Gasteiger partial charge in [-0.05, 0) is 55.4 Å². The molecule has 6 nitrogen and oxygen atoms in total. The maximum atomic E-state index is 12.6. The highest BCUT2D eigenvalue weighted by Gasteiger charge is 2.53. The molecule has 7 heteroatoms. The van der Waals surface area contributed by atoms with E-state index < -0.39 is 11.4 Å². The normalized spacial score (nSPS) is 19.4. The van der Waals surface area contributed by atoms with E-state index in [1.165, 1.54) is 12.3 Å². The number of ether oxygens (including phenoxy) is 1. The van der Waals surface area contributed by atoms with Crippen molar-refractivity contribution in [2.24, 2.45) is 0 Å². The molecule has 1 saturated heterocycles. The molecule has 1 N–H and O–H groups in total. The van der Waals surface area contributed by atoms with Crippen molar-refractivity contribution in [1.29, 1.82) is 0 Å². The number of pyridine rings is 1. The second kappa shape index (κ2) is 7.39. The highest BCUT2D eigenvalue weighted by Crippen LogP contribution is 2.55. The van der Waals surface area contributed by atoms with Gasteiger partial charge in [0, 0.05) is 17.8 Å². The Morgan fingerprint density at radius 3 is 2.64 bits per heavy atom. The second-order valence-electron chi connectivity index (χ2n) is 9.21. The summed E-state index contributed by atoms with van der Waals surface area (Å²) in [6, 6.07) is 15.3. The van der Waals surface area contributed by atoms with E-state index in [4.69, 9.17) is 16.3 Å². The fourth-order valence-corrected chi connectivity index (χ4v) is 5.90. The monoisotopic (exact) mass is 462 g/mol. The Morgan fingerprint density at radius 2 is 1.94 bits per heavy atom. The van der Waals surface area contributed by atoms with Gasteiger partial charge >= 0.3 is 5.97 Å². The Kier molecular flexibility index (Phi) is 4.56. The Labute approximate surface area is 196 Å². The minimum Gasteiger partial charge on any atom is -0.487 e. The van der Waals surface area contributed by atoms with Crippen molar-refractivity contribution in [3.63, 3.8) is 0 Å². The Morgan fingerprint density at radius 1 is 1.15 bits per heavy atom. The number of benzene rings is 2. The summed E-state index contributed by atoms with van der Waals surface area (Å²) < 4.78 is 8.00. The first kappa shape index (κ1) is 20.4. The van der Waals surface area contributed by atoms with Gasteiger partial charge in [0.15, 0.2) is 5.43 Å². The lowest BCUT2D eigenvalue weighted by Gasteiger charge is -2.52. The summed E-state index contributed by atoms with van der Waals surface area (Å²) in [6.07, 6.45) is 6.78. The molecule has 2 aromatic carbocycles.